The van der Waals surface area contributed by atoms with Crippen molar-refractivity contribution in [2.75, 3.05) is 0 Å². The Morgan fingerprint density at radius 2 is 0.900 bits per heavy atom. The average Bonchev–Trinajstić information content (AvgIpc) is 2.96. The van der Waals surface area contributed by atoms with Gasteiger partial charge in [0.2, 0.25) is 0 Å². The molecule has 4 aromatic carbocycles. The number of rotatable bonds is 2. The van der Waals surface area contributed by atoms with Crippen LogP contribution in [0.4, 0.5) is 11.4 Å². The molecule has 0 aromatic heterocycles. The standard InChI is InChI=1S/C28H24N2/c1-17-11-18(2)14-22(13-17)29-27-24-9-5-7-21-8-6-10-25(26(21)24)28(27)30-23-15-19(3)12-20(4)16-23/h5-16H,1-4H3. The zero-order valence-corrected chi connectivity index (χ0v) is 17.8. The first-order valence-electron chi connectivity index (χ1n) is 10.3. The molecule has 0 saturated heterocycles. The average molecular weight is 389 g/mol. The Morgan fingerprint density at radius 1 is 0.500 bits per heavy atom. The first-order valence-corrected chi connectivity index (χ1v) is 10.3. The van der Waals surface area contributed by atoms with E-state index in [-0.39, 0.29) is 0 Å². The number of aliphatic imine (C=N–C) groups is 2. The van der Waals surface area contributed by atoms with E-state index in [1.165, 1.54) is 33.0 Å². The summed E-state index contributed by atoms with van der Waals surface area (Å²) in [6, 6.07) is 25.8. The van der Waals surface area contributed by atoms with E-state index in [9.17, 15) is 0 Å². The molecule has 0 radical (unpaired) electrons. The zero-order valence-electron chi connectivity index (χ0n) is 17.8. The van der Waals surface area contributed by atoms with Gasteiger partial charge in [-0.05, 0) is 79.6 Å². The fraction of sp³-hybridized carbons (Fsp3) is 0.143. The highest BCUT2D eigenvalue weighted by molar-refractivity contribution is 6.61. The summed E-state index contributed by atoms with van der Waals surface area (Å²) in [5.41, 5.74) is 11.0. The predicted molar refractivity (Wildman–Crippen MR) is 128 cm³/mol. The van der Waals surface area contributed by atoms with Gasteiger partial charge in [-0.25, -0.2) is 9.98 Å². The first kappa shape index (κ1) is 18.5. The highest BCUT2D eigenvalue weighted by atomic mass is 14.8. The lowest BCUT2D eigenvalue weighted by atomic mass is 10.1. The van der Waals surface area contributed by atoms with E-state index < -0.39 is 0 Å². The summed E-state index contributed by atoms with van der Waals surface area (Å²) in [6.45, 7) is 8.47. The van der Waals surface area contributed by atoms with Crippen molar-refractivity contribution in [1.82, 2.24) is 0 Å². The van der Waals surface area contributed by atoms with Crippen molar-refractivity contribution in [3.63, 3.8) is 0 Å². The molecule has 2 heteroatoms. The van der Waals surface area contributed by atoms with Crippen molar-refractivity contribution in [3.05, 3.63) is 106 Å². The second kappa shape index (κ2) is 7.07. The van der Waals surface area contributed by atoms with Gasteiger partial charge >= 0.3 is 0 Å². The zero-order chi connectivity index (χ0) is 20.8. The van der Waals surface area contributed by atoms with Crippen molar-refractivity contribution >= 4 is 33.6 Å². The molecule has 0 N–H and O–H groups in total. The maximum atomic E-state index is 5.13. The van der Waals surface area contributed by atoms with Crippen LogP contribution in [0.1, 0.15) is 33.4 Å². The second-order valence-corrected chi connectivity index (χ2v) is 8.32. The molecular formula is C28H24N2. The highest BCUT2D eigenvalue weighted by Gasteiger charge is 2.27. The number of benzene rings is 4. The smallest absolute Gasteiger partial charge is 0.0978 e. The summed E-state index contributed by atoms with van der Waals surface area (Å²) in [5.74, 6) is 0. The molecule has 1 aliphatic carbocycles. The van der Waals surface area contributed by atoms with E-state index in [2.05, 4.69) is 100 Å². The van der Waals surface area contributed by atoms with Gasteiger partial charge in [0.25, 0.3) is 0 Å². The third kappa shape index (κ3) is 3.25. The monoisotopic (exact) mass is 388 g/mol. The molecule has 0 fully saturated rings. The van der Waals surface area contributed by atoms with Crippen molar-refractivity contribution < 1.29 is 0 Å². The summed E-state index contributed by atoms with van der Waals surface area (Å²) in [5, 5.41) is 2.47. The summed E-state index contributed by atoms with van der Waals surface area (Å²) in [7, 11) is 0. The number of hydrogen-bond donors (Lipinski definition) is 0. The molecular weight excluding hydrogens is 364 g/mol. The number of aryl methyl sites for hydroxylation is 4. The molecule has 0 spiro atoms. The Kier molecular flexibility index (Phi) is 4.36. The molecule has 4 aromatic rings. The summed E-state index contributed by atoms with van der Waals surface area (Å²) < 4.78 is 0. The molecule has 0 unspecified atom stereocenters. The van der Waals surface area contributed by atoms with Crippen LogP contribution in [-0.2, 0) is 0 Å². The van der Waals surface area contributed by atoms with E-state index in [1.54, 1.807) is 0 Å². The van der Waals surface area contributed by atoms with Gasteiger partial charge in [-0.15, -0.1) is 0 Å². The minimum atomic E-state index is 0.950. The van der Waals surface area contributed by atoms with E-state index in [1.807, 2.05) is 0 Å². The van der Waals surface area contributed by atoms with Gasteiger partial charge in [0.05, 0.1) is 22.8 Å². The lowest BCUT2D eigenvalue weighted by molar-refractivity contribution is 1.35. The Labute approximate surface area is 177 Å². The third-order valence-electron chi connectivity index (χ3n) is 5.53. The largest absolute Gasteiger partial charge is 0.246 e. The van der Waals surface area contributed by atoms with Crippen LogP contribution >= 0.6 is 0 Å². The molecule has 2 nitrogen and oxygen atoms in total. The molecule has 0 heterocycles. The van der Waals surface area contributed by atoms with Crippen molar-refractivity contribution in [1.29, 1.82) is 0 Å². The minimum Gasteiger partial charge on any atom is -0.246 e. The topological polar surface area (TPSA) is 24.7 Å². The summed E-state index contributed by atoms with van der Waals surface area (Å²) in [4.78, 5) is 10.3. The molecule has 0 aliphatic heterocycles. The normalized spacial score (nSPS) is 15.5. The van der Waals surface area contributed by atoms with Crippen molar-refractivity contribution in [3.8, 4) is 0 Å². The van der Waals surface area contributed by atoms with Gasteiger partial charge in [-0.3, -0.25) is 0 Å². The number of hydrogen-bond acceptors (Lipinski definition) is 2. The number of nitrogens with zero attached hydrogens (tertiary/aromatic N) is 2. The van der Waals surface area contributed by atoms with Crippen LogP contribution in [0, 0.1) is 27.7 Å². The summed E-state index contributed by atoms with van der Waals surface area (Å²) in [6.07, 6.45) is 0. The van der Waals surface area contributed by atoms with Crippen molar-refractivity contribution in [2.24, 2.45) is 9.98 Å². The van der Waals surface area contributed by atoms with Gasteiger partial charge in [0, 0.05) is 16.5 Å². The van der Waals surface area contributed by atoms with Crippen LogP contribution < -0.4 is 0 Å². The fourth-order valence-corrected chi connectivity index (χ4v) is 4.51. The predicted octanol–water partition coefficient (Wildman–Crippen LogP) is 7.33. The van der Waals surface area contributed by atoms with Gasteiger partial charge in [0.15, 0.2) is 0 Å². The van der Waals surface area contributed by atoms with Crippen LogP contribution in [0.25, 0.3) is 10.8 Å². The van der Waals surface area contributed by atoms with E-state index in [0.29, 0.717) is 0 Å². The van der Waals surface area contributed by atoms with E-state index >= 15 is 0 Å². The van der Waals surface area contributed by atoms with Gasteiger partial charge in [0.1, 0.15) is 0 Å². The minimum absolute atomic E-state index is 0.950. The molecule has 146 valence electrons. The van der Waals surface area contributed by atoms with Crippen LogP contribution in [0.2, 0.25) is 0 Å². The van der Waals surface area contributed by atoms with Crippen LogP contribution in [0.5, 0.6) is 0 Å². The maximum Gasteiger partial charge on any atom is 0.0978 e. The van der Waals surface area contributed by atoms with E-state index in [0.717, 1.165) is 33.9 Å². The third-order valence-corrected chi connectivity index (χ3v) is 5.53. The summed E-state index contributed by atoms with van der Waals surface area (Å²) >= 11 is 0. The first-order chi connectivity index (χ1) is 14.5. The van der Waals surface area contributed by atoms with Crippen molar-refractivity contribution in [2.45, 2.75) is 27.7 Å². The van der Waals surface area contributed by atoms with E-state index in [4.69, 9.17) is 9.98 Å². The molecule has 0 atom stereocenters. The molecule has 0 bridgehead atoms. The Hall–Kier alpha value is -3.52. The fourth-order valence-electron chi connectivity index (χ4n) is 4.51. The second-order valence-electron chi connectivity index (χ2n) is 8.32. The molecule has 1 aliphatic rings. The maximum absolute atomic E-state index is 5.13. The lowest BCUT2D eigenvalue weighted by Crippen LogP contribution is -2.10. The van der Waals surface area contributed by atoms with Gasteiger partial charge < -0.3 is 0 Å². The molecule has 5 rings (SSSR count). The quantitative estimate of drug-likeness (QED) is 0.343. The SMILES string of the molecule is Cc1cc(C)cc(N=C2C(=Nc3cc(C)cc(C)c3)c3cccc4cccc2c34)c1. The molecule has 0 saturated carbocycles. The van der Waals surface area contributed by atoms with Gasteiger partial charge in [-0.2, -0.15) is 0 Å². The Bertz CT molecular complexity index is 1230. The van der Waals surface area contributed by atoms with Crippen LogP contribution in [0.15, 0.2) is 82.8 Å². The van der Waals surface area contributed by atoms with Gasteiger partial charge in [-0.1, -0.05) is 48.5 Å². The lowest BCUT2D eigenvalue weighted by Gasteiger charge is -2.07. The highest BCUT2D eigenvalue weighted by Crippen LogP contribution is 2.34. The van der Waals surface area contributed by atoms with Crippen LogP contribution in [-0.4, -0.2) is 11.4 Å². The Balaban J connectivity index is 1.79. The van der Waals surface area contributed by atoms with Crippen LogP contribution in [0.3, 0.4) is 0 Å². The Morgan fingerprint density at radius 3 is 1.30 bits per heavy atom. The molecule has 30 heavy (non-hydrogen) atoms. The molecule has 0 amide bonds.